The number of unbranched alkanes of at least 4 members (excludes halogenated alkanes) is 1. The highest BCUT2D eigenvalue weighted by atomic mass is 19.2. The van der Waals surface area contributed by atoms with Crippen molar-refractivity contribution in [1.29, 1.82) is 0 Å². The van der Waals surface area contributed by atoms with E-state index < -0.39 is 23.7 Å². The molecule has 0 aliphatic carbocycles. The summed E-state index contributed by atoms with van der Waals surface area (Å²) in [5, 5.41) is 0. The van der Waals surface area contributed by atoms with Gasteiger partial charge in [0.1, 0.15) is 5.82 Å². The van der Waals surface area contributed by atoms with Crippen LogP contribution in [-0.2, 0) is 9.47 Å². The first-order valence-electron chi connectivity index (χ1n) is 6.91. The summed E-state index contributed by atoms with van der Waals surface area (Å²) in [5.74, 6) is -2.81. The van der Waals surface area contributed by atoms with Gasteiger partial charge in [-0.15, -0.1) is 0 Å². The lowest BCUT2D eigenvalue weighted by molar-refractivity contribution is -0.207. The molecular formula is C15H19F3O2. The van der Waals surface area contributed by atoms with Crippen LogP contribution in [0.2, 0.25) is 0 Å². The molecule has 1 aliphatic heterocycles. The van der Waals surface area contributed by atoms with Gasteiger partial charge in [-0.05, 0) is 19.4 Å². The Morgan fingerprint density at radius 1 is 1.15 bits per heavy atom. The van der Waals surface area contributed by atoms with Crippen molar-refractivity contribution in [2.75, 3.05) is 13.2 Å². The fourth-order valence-electron chi connectivity index (χ4n) is 2.26. The summed E-state index contributed by atoms with van der Waals surface area (Å²) >= 11 is 0. The van der Waals surface area contributed by atoms with Gasteiger partial charge in [0.25, 0.3) is 0 Å². The van der Waals surface area contributed by atoms with E-state index in [2.05, 4.69) is 6.92 Å². The third-order valence-corrected chi connectivity index (χ3v) is 3.60. The van der Waals surface area contributed by atoms with Crippen LogP contribution in [0.25, 0.3) is 0 Å². The van der Waals surface area contributed by atoms with Gasteiger partial charge in [0, 0.05) is 17.0 Å². The average Bonchev–Trinajstić information content (AvgIpc) is 2.47. The van der Waals surface area contributed by atoms with E-state index in [-0.39, 0.29) is 17.0 Å². The maximum atomic E-state index is 13.8. The van der Waals surface area contributed by atoms with E-state index in [0.717, 1.165) is 25.3 Å². The Bertz CT molecular complexity index is 469. The van der Waals surface area contributed by atoms with Gasteiger partial charge in [-0.3, -0.25) is 0 Å². The van der Waals surface area contributed by atoms with E-state index in [1.165, 1.54) is 6.92 Å². The summed E-state index contributed by atoms with van der Waals surface area (Å²) in [4.78, 5) is 0. The smallest absolute Gasteiger partial charge is 0.186 e. The van der Waals surface area contributed by atoms with Gasteiger partial charge in [0.2, 0.25) is 0 Å². The van der Waals surface area contributed by atoms with E-state index >= 15 is 0 Å². The second kappa shape index (κ2) is 6.59. The quantitative estimate of drug-likeness (QED) is 0.771. The molecule has 0 spiro atoms. The molecule has 2 nitrogen and oxygen atoms in total. The molecule has 5 heteroatoms. The zero-order chi connectivity index (χ0) is 14.7. The molecule has 0 saturated carbocycles. The molecule has 1 aromatic carbocycles. The summed E-state index contributed by atoms with van der Waals surface area (Å²) in [6.45, 7) is 4.13. The molecule has 0 N–H and O–H groups in total. The van der Waals surface area contributed by atoms with E-state index in [9.17, 15) is 13.2 Å². The van der Waals surface area contributed by atoms with Crippen molar-refractivity contribution < 1.29 is 22.6 Å². The van der Waals surface area contributed by atoms with Crippen LogP contribution < -0.4 is 0 Å². The lowest BCUT2D eigenvalue weighted by atomic mass is 10.0. The Balaban J connectivity index is 2.07. The van der Waals surface area contributed by atoms with Crippen molar-refractivity contribution in [1.82, 2.24) is 0 Å². The van der Waals surface area contributed by atoms with Gasteiger partial charge in [0.15, 0.2) is 17.9 Å². The Hall–Kier alpha value is -1.07. The Kier molecular flexibility index (Phi) is 5.05. The van der Waals surface area contributed by atoms with Crippen LogP contribution >= 0.6 is 0 Å². The molecule has 0 atom stereocenters. The molecule has 112 valence electrons. The van der Waals surface area contributed by atoms with E-state index in [1.54, 1.807) is 0 Å². The Labute approximate surface area is 116 Å². The first-order valence-corrected chi connectivity index (χ1v) is 6.91. The van der Waals surface area contributed by atoms with Crippen molar-refractivity contribution in [3.63, 3.8) is 0 Å². The molecule has 1 heterocycles. The molecule has 1 fully saturated rings. The third kappa shape index (κ3) is 3.15. The largest absolute Gasteiger partial charge is 0.348 e. The second-order valence-electron chi connectivity index (χ2n) is 5.21. The van der Waals surface area contributed by atoms with E-state index in [0.29, 0.717) is 13.2 Å². The van der Waals surface area contributed by atoms with Gasteiger partial charge in [-0.25, -0.2) is 13.2 Å². The number of rotatable bonds is 4. The lowest BCUT2D eigenvalue weighted by Crippen LogP contribution is -2.28. The molecule has 0 aromatic heterocycles. The van der Waals surface area contributed by atoms with Crippen LogP contribution in [0, 0.1) is 30.3 Å². The standard InChI is InChI=1S/C15H19F3O2/c1-3-4-5-10-7-19-15(20-8-10)11-6-12(16)9(2)13(17)14(11)18/h6,10,15H,3-5,7-8H2,1-2H3. The summed E-state index contributed by atoms with van der Waals surface area (Å²) in [5.41, 5.74) is -0.539. The average molecular weight is 288 g/mol. The molecule has 20 heavy (non-hydrogen) atoms. The Morgan fingerprint density at radius 3 is 2.40 bits per heavy atom. The Morgan fingerprint density at radius 2 is 1.80 bits per heavy atom. The molecular weight excluding hydrogens is 269 g/mol. The molecule has 0 amide bonds. The van der Waals surface area contributed by atoms with Crippen LogP contribution in [0.4, 0.5) is 13.2 Å². The summed E-state index contributed by atoms with van der Waals surface area (Å²) in [7, 11) is 0. The molecule has 1 aromatic rings. The molecule has 2 rings (SSSR count). The van der Waals surface area contributed by atoms with Gasteiger partial charge in [-0.2, -0.15) is 0 Å². The van der Waals surface area contributed by atoms with Gasteiger partial charge in [-0.1, -0.05) is 19.8 Å². The number of hydrogen-bond donors (Lipinski definition) is 0. The predicted octanol–water partition coefficient (Wildman–Crippen LogP) is 4.26. The highest BCUT2D eigenvalue weighted by Crippen LogP contribution is 2.31. The fourth-order valence-corrected chi connectivity index (χ4v) is 2.26. The predicted molar refractivity (Wildman–Crippen MR) is 68.7 cm³/mol. The van der Waals surface area contributed by atoms with Crippen LogP contribution in [-0.4, -0.2) is 13.2 Å². The van der Waals surface area contributed by atoms with E-state index in [4.69, 9.17) is 9.47 Å². The number of hydrogen-bond acceptors (Lipinski definition) is 2. The van der Waals surface area contributed by atoms with Crippen LogP contribution in [0.3, 0.4) is 0 Å². The maximum Gasteiger partial charge on any atom is 0.186 e. The molecule has 0 radical (unpaired) electrons. The van der Waals surface area contributed by atoms with Crippen molar-refractivity contribution in [2.24, 2.45) is 5.92 Å². The fraction of sp³-hybridized carbons (Fsp3) is 0.600. The van der Waals surface area contributed by atoms with Crippen molar-refractivity contribution >= 4 is 0 Å². The SMILES string of the molecule is CCCCC1COC(c2cc(F)c(C)c(F)c2F)OC1. The topological polar surface area (TPSA) is 18.5 Å². The zero-order valence-corrected chi connectivity index (χ0v) is 11.7. The lowest BCUT2D eigenvalue weighted by Gasteiger charge is -2.30. The van der Waals surface area contributed by atoms with E-state index in [1.807, 2.05) is 0 Å². The van der Waals surface area contributed by atoms with Crippen LogP contribution in [0.15, 0.2) is 6.07 Å². The molecule has 0 unspecified atom stereocenters. The minimum absolute atomic E-state index is 0.209. The van der Waals surface area contributed by atoms with Gasteiger partial charge >= 0.3 is 0 Å². The highest BCUT2D eigenvalue weighted by Gasteiger charge is 2.28. The van der Waals surface area contributed by atoms with Crippen molar-refractivity contribution in [3.05, 3.63) is 34.6 Å². The molecule has 1 aliphatic rings. The minimum atomic E-state index is -1.18. The maximum absolute atomic E-state index is 13.8. The van der Waals surface area contributed by atoms with Crippen molar-refractivity contribution in [3.8, 4) is 0 Å². The number of halogens is 3. The monoisotopic (exact) mass is 288 g/mol. The minimum Gasteiger partial charge on any atom is -0.348 e. The van der Waals surface area contributed by atoms with Gasteiger partial charge < -0.3 is 9.47 Å². The molecule has 0 bridgehead atoms. The van der Waals surface area contributed by atoms with Gasteiger partial charge in [0.05, 0.1) is 13.2 Å². The van der Waals surface area contributed by atoms with Crippen LogP contribution in [0.5, 0.6) is 0 Å². The second-order valence-corrected chi connectivity index (χ2v) is 5.21. The number of benzene rings is 1. The first-order chi connectivity index (χ1) is 9.54. The highest BCUT2D eigenvalue weighted by molar-refractivity contribution is 5.28. The summed E-state index contributed by atoms with van der Waals surface area (Å²) in [6.07, 6.45) is 2.10. The summed E-state index contributed by atoms with van der Waals surface area (Å²) < 4.78 is 51.7. The third-order valence-electron chi connectivity index (χ3n) is 3.60. The first kappa shape index (κ1) is 15.3. The number of ether oxygens (including phenoxy) is 2. The zero-order valence-electron chi connectivity index (χ0n) is 11.7. The van der Waals surface area contributed by atoms with Crippen molar-refractivity contribution in [2.45, 2.75) is 39.4 Å². The molecule has 1 saturated heterocycles. The van der Waals surface area contributed by atoms with Crippen LogP contribution in [0.1, 0.15) is 43.6 Å². The normalized spacial score (nSPS) is 23.1. The summed E-state index contributed by atoms with van der Waals surface area (Å²) in [6, 6.07) is 0.949.